The van der Waals surface area contributed by atoms with Gasteiger partial charge in [0.25, 0.3) is 0 Å². The molecule has 1 heterocycles. The average Bonchev–Trinajstić information content (AvgIpc) is 2.28. The predicted molar refractivity (Wildman–Crippen MR) is 71.5 cm³/mol. The van der Waals surface area contributed by atoms with E-state index in [0.717, 1.165) is 19.4 Å². The number of sulfonamides is 1. The molecule has 1 N–H and O–H groups in total. The molecule has 0 saturated carbocycles. The largest absolute Gasteiger partial charge is 0.316 e. The first kappa shape index (κ1) is 14.9. The van der Waals surface area contributed by atoms with Crippen LogP contribution in [0.5, 0.6) is 0 Å². The molecule has 4 nitrogen and oxygen atoms in total. The lowest BCUT2D eigenvalue weighted by molar-refractivity contribution is 0.212. The van der Waals surface area contributed by atoms with Crippen molar-refractivity contribution < 1.29 is 8.42 Å². The van der Waals surface area contributed by atoms with Crippen LogP contribution in [0.4, 0.5) is 0 Å². The van der Waals surface area contributed by atoms with Gasteiger partial charge in [0.05, 0.1) is 5.75 Å². The molecule has 0 aromatic heterocycles. The maximum absolute atomic E-state index is 12.1. The summed E-state index contributed by atoms with van der Waals surface area (Å²) in [5, 5.41) is 3.14. The molecular formula is C12H26N2O2S. The summed E-state index contributed by atoms with van der Waals surface area (Å²) < 4.78 is 25.8. The molecule has 2 unspecified atom stereocenters. The molecule has 1 rings (SSSR count). The van der Waals surface area contributed by atoms with Gasteiger partial charge in [0.1, 0.15) is 0 Å². The molecule has 0 aliphatic carbocycles. The van der Waals surface area contributed by atoms with Crippen LogP contribution in [0.1, 0.15) is 33.6 Å². The van der Waals surface area contributed by atoms with Crippen LogP contribution in [-0.4, -0.2) is 44.7 Å². The van der Waals surface area contributed by atoms with Crippen molar-refractivity contribution in [2.45, 2.75) is 33.6 Å². The summed E-state index contributed by atoms with van der Waals surface area (Å²) in [5.74, 6) is 1.34. The normalized spacial score (nSPS) is 27.2. The van der Waals surface area contributed by atoms with Crippen LogP contribution in [0.3, 0.4) is 0 Å². The Kier molecular flexibility index (Phi) is 5.89. The van der Waals surface area contributed by atoms with E-state index >= 15 is 0 Å². The molecular weight excluding hydrogens is 236 g/mol. The van der Waals surface area contributed by atoms with E-state index < -0.39 is 10.0 Å². The van der Waals surface area contributed by atoms with Crippen LogP contribution in [0.15, 0.2) is 0 Å². The second-order valence-electron chi connectivity index (χ2n) is 5.17. The number of hydrogen-bond donors (Lipinski definition) is 1. The molecule has 1 aliphatic heterocycles. The molecule has 1 saturated heterocycles. The summed E-state index contributed by atoms with van der Waals surface area (Å²) in [5.41, 5.74) is 0. The number of nitrogens with one attached hydrogen (secondary N) is 1. The molecule has 2 atom stereocenters. The minimum atomic E-state index is -3.05. The number of piperidine rings is 1. The molecule has 1 fully saturated rings. The Hall–Kier alpha value is -0.130. The van der Waals surface area contributed by atoms with E-state index in [1.54, 1.807) is 4.31 Å². The predicted octanol–water partition coefficient (Wildman–Crippen LogP) is 1.29. The van der Waals surface area contributed by atoms with Crippen molar-refractivity contribution in [1.82, 2.24) is 9.62 Å². The van der Waals surface area contributed by atoms with Gasteiger partial charge in [-0.05, 0) is 31.2 Å². The second kappa shape index (κ2) is 6.71. The summed E-state index contributed by atoms with van der Waals surface area (Å²) in [4.78, 5) is 0. The Labute approximate surface area is 106 Å². The molecule has 0 radical (unpaired) electrons. The minimum Gasteiger partial charge on any atom is -0.316 e. The van der Waals surface area contributed by atoms with Crippen LogP contribution >= 0.6 is 0 Å². The van der Waals surface area contributed by atoms with E-state index in [1.807, 2.05) is 0 Å². The van der Waals surface area contributed by atoms with Gasteiger partial charge in [-0.2, -0.15) is 0 Å². The first-order valence-electron chi connectivity index (χ1n) is 6.66. The van der Waals surface area contributed by atoms with Crippen LogP contribution in [-0.2, 0) is 10.0 Å². The van der Waals surface area contributed by atoms with Crippen molar-refractivity contribution in [3.63, 3.8) is 0 Å². The molecule has 0 aromatic rings. The van der Waals surface area contributed by atoms with Gasteiger partial charge in [-0.1, -0.05) is 20.8 Å². The summed E-state index contributed by atoms with van der Waals surface area (Å²) in [6.45, 7) is 9.27. The first-order chi connectivity index (χ1) is 7.97. The summed E-state index contributed by atoms with van der Waals surface area (Å²) in [6, 6.07) is 0. The second-order valence-corrected chi connectivity index (χ2v) is 7.26. The van der Waals surface area contributed by atoms with Crippen LogP contribution < -0.4 is 5.32 Å². The molecule has 5 heteroatoms. The van der Waals surface area contributed by atoms with Crippen LogP contribution in [0.2, 0.25) is 0 Å². The van der Waals surface area contributed by atoms with Crippen molar-refractivity contribution in [1.29, 1.82) is 0 Å². The molecule has 0 spiro atoms. The van der Waals surface area contributed by atoms with Gasteiger partial charge in [0, 0.05) is 19.6 Å². The highest BCUT2D eigenvalue weighted by atomic mass is 32.2. The Morgan fingerprint density at radius 1 is 1.24 bits per heavy atom. The fourth-order valence-electron chi connectivity index (χ4n) is 2.11. The Morgan fingerprint density at radius 3 is 2.53 bits per heavy atom. The van der Waals surface area contributed by atoms with E-state index in [2.05, 4.69) is 26.1 Å². The molecule has 1 aliphatic rings. The van der Waals surface area contributed by atoms with Crippen LogP contribution in [0.25, 0.3) is 0 Å². The lowest BCUT2D eigenvalue weighted by atomic mass is 9.90. The molecule has 0 amide bonds. The van der Waals surface area contributed by atoms with Crippen molar-refractivity contribution in [3.05, 3.63) is 0 Å². The highest BCUT2D eigenvalue weighted by molar-refractivity contribution is 7.89. The highest BCUT2D eigenvalue weighted by Crippen LogP contribution is 2.24. The Balaban J connectivity index is 2.42. The Morgan fingerprint density at radius 2 is 1.94 bits per heavy atom. The number of rotatable bonds is 6. The van der Waals surface area contributed by atoms with Crippen molar-refractivity contribution in [2.24, 2.45) is 11.8 Å². The monoisotopic (exact) mass is 262 g/mol. The SMILES string of the molecule is CCCNCCS(=O)(=O)N1CCC(C)C(C)C1. The standard InChI is InChI=1S/C12H26N2O2S/c1-4-6-13-7-9-17(15,16)14-8-5-11(2)12(3)10-14/h11-13H,4-10H2,1-3H3. The zero-order valence-electron chi connectivity index (χ0n) is 11.3. The van der Waals surface area contributed by atoms with E-state index in [-0.39, 0.29) is 5.75 Å². The van der Waals surface area contributed by atoms with Crippen molar-refractivity contribution in [3.8, 4) is 0 Å². The maximum Gasteiger partial charge on any atom is 0.215 e. The van der Waals surface area contributed by atoms with Crippen molar-refractivity contribution in [2.75, 3.05) is 31.9 Å². The number of nitrogens with zero attached hydrogens (tertiary/aromatic N) is 1. The van der Waals surface area contributed by atoms with Gasteiger partial charge < -0.3 is 5.32 Å². The Bertz CT molecular complexity index is 316. The van der Waals surface area contributed by atoms with Gasteiger partial charge in [-0.3, -0.25) is 0 Å². The lowest BCUT2D eigenvalue weighted by Gasteiger charge is -2.34. The molecule has 0 aromatic carbocycles. The molecule has 102 valence electrons. The van der Waals surface area contributed by atoms with Gasteiger partial charge in [0.2, 0.25) is 10.0 Å². The number of hydrogen-bond acceptors (Lipinski definition) is 3. The third-order valence-corrected chi connectivity index (χ3v) is 5.49. The lowest BCUT2D eigenvalue weighted by Crippen LogP contribution is -2.44. The first-order valence-corrected chi connectivity index (χ1v) is 8.26. The molecule has 0 bridgehead atoms. The van der Waals surface area contributed by atoms with E-state index in [1.165, 1.54) is 0 Å². The van der Waals surface area contributed by atoms with Gasteiger partial charge in [-0.15, -0.1) is 0 Å². The smallest absolute Gasteiger partial charge is 0.215 e. The van der Waals surface area contributed by atoms with Crippen molar-refractivity contribution >= 4 is 10.0 Å². The summed E-state index contributed by atoms with van der Waals surface area (Å²) >= 11 is 0. The summed E-state index contributed by atoms with van der Waals surface area (Å²) in [6.07, 6.45) is 2.03. The van der Waals surface area contributed by atoms with E-state index in [0.29, 0.717) is 31.5 Å². The quantitative estimate of drug-likeness (QED) is 0.734. The van der Waals surface area contributed by atoms with Gasteiger partial charge in [-0.25, -0.2) is 12.7 Å². The third kappa shape index (κ3) is 4.56. The van der Waals surface area contributed by atoms with E-state index in [9.17, 15) is 8.42 Å². The maximum atomic E-state index is 12.1. The van der Waals surface area contributed by atoms with Crippen LogP contribution in [0, 0.1) is 11.8 Å². The zero-order chi connectivity index (χ0) is 12.9. The van der Waals surface area contributed by atoms with E-state index in [4.69, 9.17) is 0 Å². The summed E-state index contributed by atoms with van der Waals surface area (Å²) in [7, 11) is -3.05. The third-order valence-electron chi connectivity index (χ3n) is 3.65. The average molecular weight is 262 g/mol. The highest BCUT2D eigenvalue weighted by Gasteiger charge is 2.29. The fraction of sp³-hybridized carbons (Fsp3) is 1.00. The fourth-order valence-corrected chi connectivity index (χ4v) is 3.62. The minimum absolute atomic E-state index is 0.230. The van der Waals surface area contributed by atoms with Gasteiger partial charge in [0.15, 0.2) is 0 Å². The molecule has 17 heavy (non-hydrogen) atoms. The topological polar surface area (TPSA) is 49.4 Å². The zero-order valence-corrected chi connectivity index (χ0v) is 12.1. The van der Waals surface area contributed by atoms with Gasteiger partial charge >= 0.3 is 0 Å².